The molecule has 0 bridgehead atoms. The van der Waals surface area contributed by atoms with Gasteiger partial charge in [0.2, 0.25) is 5.91 Å². The fourth-order valence-electron chi connectivity index (χ4n) is 3.90. The summed E-state index contributed by atoms with van der Waals surface area (Å²) in [6.07, 6.45) is 4.49. The van der Waals surface area contributed by atoms with Gasteiger partial charge < -0.3 is 10.6 Å². The molecule has 24 heavy (non-hydrogen) atoms. The summed E-state index contributed by atoms with van der Waals surface area (Å²) in [4.78, 5) is 17.0. The van der Waals surface area contributed by atoms with Gasteiger partial charge in [0, 0.05) is 48.7 Å². The van der Waals surface area contributed by atoms with Gasteiger partial charge in [-0.25, -0.2) is 0 Å². The molecule has 0 radical (unpaired) electrons. The number of halogens is 2. The Hall–Kier alpha value is -0.970. The Morgan fingerprint density at radius 3 is 2.62 bits per heavy atom. The summed E-state index contributed by atoms with van der Waals surface area (Å²) < 4.78 is 0. The van der Waals surface area contributed by atoms with Crippen LogP contribution in [0, 0.1) is 5.92 Å². The number of rotatable bonds is 3. The van der Waals surface area contributed by atoms with Gasteiger partial charge >= 0.3 is 0 Å². The fraction of sp³-hybridized carbons (Fsp3) is 0.611. The van der Waals surface area contributed by atoms with Gasteiger partial charge in [0.25, 0.3) is 0 Å². The molecule has 1 atom stereocenters. The van der Waals surface area contributed by atoms with Crippen LogP contribution in [0.25, 0.3) is 0 Å². The van der Waals surface area contributed by atoms with Gasteiger partial charge in [-0.1, -0.05) is 36.0 Å². The van der Waals surface area contributed by atoms with Crippen LogP contribution in [0.15, 0.2) is 12.1 Å². The summed E-state index contributed by atoms with van der Waals surface area (Å²) in [5.74, 6) is 0.594. The Labute approximate surface area is 153 Å². The molecule has 0 spiro atoms. The molecule has 1 amide bonds. The van der Waals surface area contributed by atoms with Crippen LogP contribution in [0.2, 0.25) is 10.0 Å². The van der Waals surface area contributed by atoms with Crippen LogP contribution in [0.4, 0.5) is 5.69 Å². The average molecular weight is 370 g/mol. The number of hydrogen-bond donors (Lipinski definition) is 1. The van der Waals surface area contributed by atoms with E-state index in [4.69, 9.17) is 28.9 Å². The number of piperazine rings is 1. The third kappa shape index (κ3) is 3.66. The van der Waals surface area contributed by atoms with E-state index in [9.17, 15) is 4.79 Å². The zero-order valence-corrected chi connectivity index (χ0v) is 15.6. The van der Waals surface area contributed by atoms with Gasteiger partial charge in [-0.3, -0.25) is 9.69 Å². The SMILES string of the molecule is C[C@H]1CN(Cc2c(Cl)ccc(N)c2Cl)CCN1C(=O)C1CCCC1. The average Bonchev–Trinajstić information content (AvgIpc) is 3.09. The quantitative estimate of drug-likeness (QED) is 0.824. The number of anilines is 1. The number of amides is 1. The van der Waals surface area contributed by atoms with E-state index in [0.717, 1.165) is 38.0 Å². The van der Waals surface area contributed by atoms with E-state index in [1.54, 1.807) is 12.1 Å². The molecule has 1 heterocycles. The zero-order valence-electron chi connectivity index (χ0n) is 14.1. The van der Waals surface area contributed by atoms with Crippen LogP contribution in [0.3, 0.4) is 0 Å². The maximum Gasteiger partial charge on any atom is 0.226 e. The minimum absolute atomic E-state index is 0.213. The van der Waals surface area contributed by atoms with Crippen LogP contribution >= 0.6 is 23.2 Å². The van der Waals surface area contributed by atoms with Gasteiger partial charge in [0.1, 0.15) is 0 Å². The van der Waals surface area contributed by atoms with Crippen molar-refractivity contribution in [3.63, 3.8) is 0 Å². The normalized spacial score (nSPS) is 23.0. The van der Waals surface area contributed by atoms with Gasteiger partial charge in [-0.2, -0.15) is 0 Å². The third-order valence-corrected chi connectivity index (χ3v) is 6.10. The van der Waals surface area contributed by atoms with Crippen LogP contribution in [0.5, 0.6) is 0 Å². The Morgan fingerprint density at radius 2 is 1.96 bits per heavy atom. The second-order valence-electron chi connectivity index (χ2n) is 7.03. The van der Waals surface area contributed by atoms with Gasteiger partial charge in [-0.05, 0) is 31.9 Å². The molecule has 1 aromatic carbocycles. The first-order valence-corrected chi connectivity index (χ1v) is 9.48. The second-order valence-corrected chi connectivity index (χ2v) is 7.81. The van der Waals surface area contributed by atoms with Gasteiger partial charge in [0.15, 0.2) is 0 Å². The summed E-state index contributed by atoms with van der Waals surface area (Å²) in [6.45, 7) is 5.23. The van der Waals surface area contributed by atoms with Crippen molar-refractivity contribution in [2.45, 2.75) is 45.2 Å². The summed E-state index contributed by atoms with van der Waals surface area (Å²) in [5, 5.41) is 1.19. The number of carbonyl (C=O) groups excluding carboxylic acids is 1. The van der Waals surface area contributed by atoms with Gasteiger partial charge in [-0.15, -0.1) is 0 Å². The lowest BCUT2D eigenvalue weighted by Gasteiger charge is -2.41. The summed E-state index contributed by atoms with van der Waals surface area (Å²) >= 11 is 12.6. The van der Waals surface area contributed by atoms with Crippen molar-refractivity contribution >= 4 is 34.8 Å². The molecular formula is C18H25Cl2N3O. The maximum atomic E-state index is 12.7. The van der Waals surface area contributed by atoms with Crippen molar-refractivity contribution in [2.75, 3.05) is 25.4 Å². The molecule has 2 N–H and O–H groups in total. The predicted molar refractivity (Wildman–Crippen MR) is 99.3 cm³/mol. The third-order valence-electron chi connectivity index (χ3n) is 5.30. The number of hydrogen-bond acceptors (Lipinski definition) is 3. The first-order chi connectivity index (χ1) is 11.5. The van der Waals surface area contributed by atoms with E-state index >= 15 is 0 Å². The summed E-state index contributed by atoms with van der Waals surface area (Å²) in [6, 6.07) is 3.74. The van der Waals surface area contributed by atoms with Crippen molar-refractivity contribution in [3.05, 3.63) is 27.7 Å². The van der Waals surface area contributed by atoms with Crippen molar-refractivity contribution in [1.29, 1.82) is 0 Å². The minimum Gasteiger partial charge on any atom is -0.398 e. The smallest absolute Gasteiger partial charge is 0.226 e. The highest BCUT2D eigenvalue weighted by atomic mass is 35.5. The molecule has 132 valence electrons. The van der Waals surface area contributed by atoms with E-state index in [1.807, 2.05) is 0 Å². The molecule has 6 heteroatoms. The molecular weight excluding hydrogens is 345 g/mol. The maximum absolute atomic E-state index is 12.7. The van der Waals surface area contributed by atoms with Crippen molar-refractivity contribution < 1.29 is 4.79 Å². The molecule has 3 rings (SSSR count). The molecule has 2 fully saturated rings. The molecule has 1 saturated heterocycles. The topological polar surface area (TPSA) is 49.6 Å². The lowest BCUT2D eigenvalue weighted by molar-refractivity contribution is -0.140. The minimum atomic E-state index is 0.213. The number of carbonyl (C=O) groups is 1. The molecule has 0 unspecified atom stereocenters. The summed E-state index contributed by atoms with van der Waals surface area (Å²) in [7, 11) is 0. The highest BCUT2D eigenvalue weighted by molar-refractivity contribution is 6.37. The van der Waals surface area contributed by atoms with E-state index in [2.05, 4.69) is 16.7 Å². The molecule has 4 nitrogen and oxygen atoms in total. The predicted octanol–water partition coefficient (Wildman–Crippen LogP) is 3.80. The van der Waals surface area contributed by atoms with E-state index < -0.39 is 0 Å². The first kappa shape index (κ1) is 17.8. The van der Waals surface area contributed by atoms with E-state index in [-0.39, 0.29) is 12.0 Å². The Bertz CT molecular complexity index is 617. The van der Waals surface area contributed by atoms with E-state index in [1.165, 1.54) is 12.8 Å². The van der Waals surface area contributed by atoms with Crippen LogP contribution in [0.1, 0.15) is 38.2 Å². The van der Waals surface area contributed by atoms with Crippen LogP contribution in [-0.4, -0.2) is 41.4 Å². The molecule has 0 aromatic heterocycles. The molecule has 1 aliphatic carbocycles. The Morgan fingerprint density at radius 1 is 1.25 bits per heavy atom. The highest BCUT2D eigenvalue weighted by Crippen LogP contribution is 2.32. The summed E-state index contributed by atoms with van der Waals surface area (Å²) in [5.41, 5.74) is 7.32. The monoisotopic (exact) mass is 369 g/mol. The number of benzene rings is 1. The van der Waals surface area contributed by atoms with Crippen LogP contribution < -0.4 is 5.73 Å². The fourth-order valence-corrected chi connectivity index (χ4v) is 4.39. The Balaban J connectivity index is 1.63. The zero-order chi connectivity index (χ0) is 17.3. The van der Waals surface area contributed by atoms with Crippen LogP contribution in [-0.2, 0) is 11.3 Å². The molecule has 2 aliphatic rings. The molecule has 1 saturated carbocycles. The number of nitrogens with two attached hydrogens (primary N) is 1. The lowest BCUT2D eigenvalue weighted by Crippen LogP contribution is -2.54. The second kappa shape index (κ2) is 7.51. The first-order valence-electron chi connectivity index (χ1n) is 8.72. The lowest BCUT2D eigenvalue weighted by atomic mass is 10.0. The van der Waals surface area contributed by atoms with Crippen molar-refractivity contribution in [3.8, 4) is 0 Å². The number of nitrogens with zero attached hydrogens (tertiary/aromatic N) is 2. The number of nitrogen functional groups attached to an aromatic ring is 1. The highest BCUT2D eigenvalue weighted by Gasteiger charge is 2.33. The van der Waals surface area contributed by atoms with Gasteiger partial charge in [0.05, 0.1) is 10.7 Å². The standard InChI is InChI=1S/C18H25Cl2N3O/c1-12-10-22(11-14-15(19)6-7-16(21)17(14)20)8-9-23(12)18(24)13-4-2-3-5-13/h6-7,12-13H,2-5,8-11,21H2,1H3/t12-/m0/s1. The van der Waals surface area contributed by atoms with E-state index in [0.29, 0.717) is 28.2 Å². The molecule has 1 aromatic rings. The largest absolute Gasteiger partial charge is 0.398 e. The molecule has 1 aliphatic heterocycles. The van der Waals surface area contributed by atoms with Crippen molar-refractivity contribution in [2.24, 2.45) is 5.92 Å². The van der Waals surface area contributed by atoms with Crippen molar-refractivity contribution in [1.82, 2.24) is 9.80 Å². The Kier molecular flexibility index (Phi) is 5.58.